The van der Waals surface area contributed by atoms with Crippen LogP contribution in [0.15, 0.2) is 35.0 Å². The molecule has 1 aliphatic rings. The largest absolute Gasteiger partial charge is 0.392 e. The lowest BCUT2D eigenvalue weighted by Crippen LogP contribution is -2.44. The maximum absolute atomic E-state index is 9.78. The lowest BCUT2D eigenvalue weighted by atomic mass is 10.0. The van der Waals surface area contributed by atoms with Crippen LogP contribution < -0.4 is 4.90 Å². The van der Waals surface area contributed by atoms with Gasteiger partial charge < -0.3 is 24.3 Å². The Morgan fingerprint density at radius 1 is 1.23 bits per heavy atom. The maximum atomic E-state index is 9.78. The first-order valence-electron chi connectivity index (χ1n) is 10.4. The molecule has 31 heavy (non-hydrogen) atoms. The van der Waals surface area contributed by atoms with E-state index in [4.69, 9.17) is 19.2 Å². The number of hydrogen-bond donors (Lipinski definition) is 2. The summed E-state index contributed by atoms with van der Waals surface area (Å²) in [6, 6.07) is 8.11. The number of aliphatic hydroxyl groups is 1. The fraction of sp³-hybridized carbons (Fsp3) is 0.348. The summed E-state index contributed by atoms with van der Waals surface area (Å²) in [7, 11) is 0. The van der Waals surface area contributed by atoms with Crippen molar-refractivity contribution < 1.29 is 14.4 Å². The number of aliphatic hydroxyl groups excluding tert-OH is 1. The van der Waals surface area contributed by atoms with Crippen LogP contribution in [0, 0.1) is 13.8 Å². The maximum Gasteiger partial charge on any atom is 0.162 e. The van der Waals surface area contributed by atoms with E-state index < -0.39 is 0 Å². The second-order valence-electron chi connectivity index (χ2n) is 7.99. The Morgan fingerprint density at radius 2 is 2.10 bits per heavy atom. The Labute approximate surface area is 179 Å². The highest BCUT2D eigenvalue weighted by molar-refractivity contribution is 5.94. The van der Waals surface area contributed by atoms with Crippen molar-refractivity contribution in [3.63, 3.8) is 0 Å². The van der Waals surface area contributed by atoms with Gasteiger partial charge >= 0.3 is 0 Å². The lowest BCUT2D eigenvalue weighted by molar-refractivity contribution is 0.0985. The SMILES string of the molecule is Cc1noc(C)c1-c1cc(N2CCOC[C@H]2C)nc(-c2cc(CO)cc3[nH]ccc23)n1. The first kappa shape index (κ1) is 19.7. The number of H-pyrrole nitrogens is 1. The Hall–Kier alpha value is -3.23. The van der Waals surface area contributed by atoms with Gasteiger partial charge in [0.25, 0.3) is 0 Å². The molecular weight excluding hydrogens is 394 g/mol. The van der Waals surface area contributed by atoms with E-state index >= 15 is 0 Å². The molecule has 0 spiro atoms. The first-order valence-corrected chi connectivity index (χ1v) is 10.4. The van der Waals surface area contributed by atoms with E-state index in [0.717, 1.165) is 57.1 Å². The van der Waals surface area contributed by atoms with E-state index in [1.807, 2.05) is 44.3 Å². The van der Waals surface area contributed by atoms with E-state index in [1.165, 1.54) is 0 Å². The molecule has 8 heteroatoms. The summed E-state index contributed by atoms with van der Waals surface area (Å²) in [4.78, 5) is 15.4. The number of aromatic nitrogens is 4. The molecule has 2 N–H and O–H groups in total. The second kappa shape index (κ2) is 7.79. The monoisotopic (exact) mass is 419 g/mol. The number of benzene rings is 1. The Kier molecular flexibility index (Phi) is 4.95. The van der Waals surface area contributed by atoms with Crippen LogP contribution in [0.3, 0.4) is 0 Å². The van der Waals surface area contributed by atoms with Crippen molar-refractivity contribution in [2.24, 2.45) is 0 Å². The molecule has 1 saturated heterocycles. The third-order valence-corrected chi connectivity index (χ3v) is 5.82. The Morgan fingerprint density at radius 3 is 2.84 bits per heavy atom. The van der Waals surface area contributed by atoms with Crippen molar-refractivity contribution in [2.45, 2.75) is 33.4 Å². The molecular formula is C23H25N5O3. The van der Waals surface area contributed by atoms with Crippen LogP contribution in [-0.2, 0) is 11.3 Å². The molecule has 0 unspecified atom stereocenters. The van der Waals surface area contributed by atoms with E-state index in [9.17, 15) is 5.11 Å². The van der Waals surface area contributed by atoms with Crippen molar-refractivity contribution in [1.29, 1.82) is 0 Å². The van der Waals surface area contributed by atoms with Crippen molar-refractivity contribution in [3.05, 3.63) is 47.5 Å². The van der Waals surface area contributed by atoms with Gasteiger partial charge in [-0.15, -0.1) is 0 Å². The molecule has 4 aromatic rings. The molecule has 0 saturated carbocycles. The van der Waals surface area contributed by atoms with Gasteiger partial charge in [-0.2, -0.15) is 0 Å². The summed E-state index contributed by atoms with van der Waals surface area (Å²) in [5.41, 5.74) is 5.06. The van der Waals surface area contributed by atoms with Gasteiger partial charge in [0.1, 0.15) is 11.6 Å². The van der Waals surface area contributed by atoms with Gasteiger partial charge in [-0.05, 0) is 44.5 Å². The highest BCUT2D eigenvalue weighted by atomic mass is 16.5. The minimum atomic E-state index is -0.0567. The first-order chi connectivity index (χ1) is 15.0. The zero-order valence-corrected chi connectivity index (χ0v) is 17.8. The molecule has 0 bridgehead atoms. The lowest BCUT2D eigenvalue weighted by Gasteiger charge is -2.34. The average Bonchev–Trinajstić information content (AvgIpc) is 3.38. The highest BCUT2D eigenvalue weighted by Gasteiger charge is 2.24. The summed E-state index contributed by atoms with van der Waals surface area (Å²) >= 11 is 0. The van der Waals surface area contributed by atoms with Gasteiger partial charge in [-0.3, -0.25) is 0 Å². The fourth-order valence-corrected chi connectivity index (χ4v) is 4.25. The van der Waals surface area contributed by atoms with Crippen molar-refractivity contribution >= 4 is 16.7 Å². The number of ether oxygens (including phenoxy) is 1. The number of aromatic amines is 1. The molecule has 1 atom stereocenters. The van der Waals surface area contributed by atoms with Crippen molar-refractivity contribution in [1.82, 2.24) is 20.1 Å². The molecule has 8 nitrogen and oxygen atoms in total. The van der Waals surface area contributed by atoms with Gasteiger partial charge in [0.15, 0.2) is 5.82 Å². The number of hydrogen-bond acceptors (Lipinski definition) is 7. The number of rotatable bonds is 4. The molecule has 160 valence electrons. The van der Waals surface area contributed by atoms with Crippen LogP contribution in [0.25, 0.3) is 33.5 Å². The summed E-state index contributed by atoms with van der Waals surface area (Å²) in [6.07, 6.45) is 1.89. The van der Waals surface area contributed by atoms with Gasteiger partial charge in [-0.1, -0.05) is 5.16 Å². The van der Waals surface area contributed by atoms with E-state index in [-0.39, 0.29) is 12.6 Å². The zero-order chi connectivity index (χ0) is 21.5. The molecule has 0 amide bonds. The van der Waals surface area contributed by atoms with Crippen molar-refractivity contribution in [2.75, 3.05) is 24.7 Å². The van der Waals surface area contributed by atoms with Gasteiger partial charge in [0.2, 0.25) is 0 Å². The molecule has 3 aromatic heterocycles. The normalized spacial score (nSPS) is 16.9. The van der Waals surface area contributed by atoms with Crippen molar-refractivity contribution in [3.8, 4) is 22.6 Å². The summed E-state index contributed by atoms with van der Waals surface area (Å²) in [6.45, 7) is 7.96. The van der Waals surface area contributed by atoms with Crippen LogP contribution >= 0.6 is 0 Å². The number of nitrogens with zero attached hydrogens (tertiary/aromatic N) is 4. The minimum absolute atomic E-state index is 0.0567. The smallest absolute Gasteiger partial charge is 0.162 e. The van der Waals surface area contributed by atoms with Crippen LogP contribution in [0.2, 0.25) is 0 Å². The van der Waals surface area contributed by atoms with Gasteiger partial charge in [0, 0.05) is 35.3 Å². The van der Waals surface area contributed by atoms with Crippen LogP contribution in [-0.4, -0.2) is 51.0 Å². The van der Waals surface area contributed by atoms with Crippen LogP contribution in [0.5, 0.6) is 0 Å². The third-order valence-electron chi connectivity index (χ3n) is 5.82. The summed E-state index contributed by atoms with van der Waals surface area (Å²) < 4.78 is 11.0. The number of nitrogens with one attached hydrogen (secondary N) is 1. The minimum Gasteiger partial charge on any atom is -0.392 e. The highest BCUT2D eigenvalue weighted by Crippen LogP contribution is 2.34. The summed E-state index contributed by atoms with van der Waals surface area (Å²) in [5.74, 6) is 2.17. The van der Waals surface area contributed by atoms with Gasteiger partial charge in [-0.25, -0.2) is 9.97 Å². The number of morpholine rings is 1. The fourth-order valence-electron chi connectivity index (χ4n) is 4.25. The summed E-state index contributed by atoms with van der Waals surface area (Å²) in [5, 5.41) is 14.9. The molecule has 1 aromatic carbocycles. The molecule has 4 heterocycles. The molecule has 0 radical (unpaired) electrons. The van der Waals surface area contributed by atoms with Gasteiger partial charge in [0.05, 0.1) is 42.8 Å². The predicted molar refractivity (Wildman–Crippen MR) is 118 cm³/mol. The second-order valence-corrected chi connectivity index (χ2v) is 7.99. The quantitative estimate of drug-likeness (QED) is 0.521. The molecule has 1 fully saturated rings. The predicted octanol–water partition coefficient (Wildman–Crippen LogP) is 3.61. The average molecular weight is 419 g/mol. The zero-order valence-electron chi connectivity index (χ0n) is 17.8. The molecule has 5 rings (SSSR count). The number of aryl methyl sites for hydroxylation is 2. The standard InChI is InChI=1S/C23H25N5O3/c1-13-12-30-7-6-28(13)21-10-20(22-14(2)27-31-15(22)3)25-23(26-21)18-8-16(11-29)9-19-17(18)4-5-24-19/h4-5,8-10,13,24,29H,6-7,11-12H2,1-3H3/t13-/m1/s1. The van der Waals surface area contributed by atoms with E-state index in [1.54, 1.807) is 0 Å². The number of fused-ring (bicyclic) bond motifs is 1. The Bertz CT molecular complexity index is 1230. The molecule has 0 aliphatic carbocycles. The van der Waals surface area contributed by atoms with Crippen LogP contribution in [0.1, 0.15) is 23.9 Å². The van der Waals surface area contributed by atoms with E-state index in [2.05, 4.69) is 22.0 Å². The molecule has 1 aliphatic heterocycles. The Balaban J connectivity index is 1.75. The van der Waals surface area contributed by atoms with E-state index in [0.29, 0.717) is 19.0 Å². The topological polar surface area (TPSA) is 100 Å². The third kappa shape index (κ3) is 3.47. The van der Waals surface area contributed by atoms with Crippen LogP contribution in [0.4, 0.5) is 5.82 Å². The number of anilines is 1.